The fourth-order valence-corrected chi connectivity index (χ4v) is 6.36. The number of nitriles is 2. The van der Waals surface area contributed by atoms with Crippen molar-refractivity contribution in [3.05, 3.63) is 138 Å². The van der Waals surface area contributed by atoms with Crippen LogP contribution in [0.5, 0.6) is 0 Å². The Morgan fingerprint density at radius 3 is 1.89 bits per heavy atom. The Kier molecular flexibility index (Phi) is 30.7. The number of carbonyl (C=O) groups excluding carboxylic acids is 3. The van der Waals surface area contributed by atoms with Gasteiger partial charge in [0, 0.05) is 61.2 Å². The standard InChI is InChI=1S/C10H7N3O3.C8H14N2O4.C8H16N2.C7H10N2O.C6H6N2O2.C6H5O2P.Na.H/c11-4-7-5-13(10(15)12-9(7)14)6-8-2-1-3-16-8;11-3-1-5-7(13)10-6(2-4-12)8(14)9-5;1-7(2)10(6-5-9)8(3)4;1-4-7(6(3)10)5(2)9-8-4;1-5-4-6(8(9)10)2-3-7-5;7-9(8)6-4-2-1-3-5-6;;/h1-3,5H,6H2,(H,12,14,15);5-6,11-12H,1-4H2,(H,9,14)(H,10,13);7-8H,6H2,1-4H3;1-3H3,(H,8,9);2-4H,1H3;1-5H;;/q;;;;;;+1;-1/p+1. The van der Waals surface area contributed by atoms with Gasteiger partial charge >= 0.3 is 43.3 Å². The summed E-state index contributed by atoms with van der Waals surface area (Å²) < 4.78 is 16.6. The van der Waals surface area contributed by atoms with Gasteiger partial charge in [-0.2, -0.15) is 20.5 Å². The smallest absolute Gasteiger partial charge is 1.00 e. The Morgan fingerprint density at radius 2 is 1.54 bits per heavy atom. The molecule has 3 unspecified atom stereocenters. The van der Waals surface area contributed by atoms with Gasteiger partial charge in [0.1, 0.15) is 29.5 Å². The Hall–Kier alpha value is -6.53. The number of hydrogen-bond acceptors (Lipinski definition) is 16. The summed E-state index contributed by atoms with van der Waals surface area (Å²) in [5, 5.41) is 56.5. The number of aromatic amines is 2. The molecule has 1 aliphatic heterocycles. The van der Waals surface area contributed by atoms with Crippen LogP contribution in [0.3, 0.4) is 0 Å². The number of hydrogen-bond donors (Lipinski definition) is 7. The summed E-state index contributed by atoms with van der Waals surface area (Å²) in [6, 6.07) is 18.2. The molecule has 5 heterocycles. The minimum Gasteiger partial charge on any atom is -1.00 e. The molecule has 0 radical (unpaired) electrons. The maximum Gasteiger partial charge on any atom is 1.00 e. The van der Waals surface area contributed by atoms with E-state index in [1.165, 1.54) is 35.4 Å². The number of rotatable bonds is 12. The summed E-state index contributed by atoms with van der Waals surface area (Å²) in [6.07, 6.45) is 4.54. The van der Waals surface area contributed by atoms with Crippen LogP contribution in [0, 0.1) is 53.5 Å². The summed E-state index contributed by atoms with van der Waals surface area (Å²) in [6.45, 7) is 15.8. The Morgan fingerprint density at radius 1 is 0.971 bits per heavy atom. The van der Waals surface area contributed by atoms with Crippen molar-refractivity contribution in [2.75, 3.05) is 19.8 Å². The molecule has 4 aromatic heterocycles. The fraction of sp³-hybridized carbons (Fsp3) is 0.400. The largest absolute Gasteiger partial charge is 1.00 e. The summed E-state index contributed by atoms with van der Waals surface area (Å²) in [4.78, 5) is 82.2. The summed E-state index contributed by atoms with van der Waals surface area (Å²) in [5.41, 5.74) is 1.76. The predicted octanol–water partition coefficient (Wildman–Crippen LogP) is 0.103. The van der Waals surface area contributed by atoms with E-state index in [0.29, 0.717) is 35.4 Å². The van der Waals surface area contributed by atoms with Gasteiger partial charge in [-0.1, -0.05) is 18.2 Å². The van der Waals surface area contributed by atoms with E-state index in [9.17, 15) is 38.7 Å². The number of H-pyrrole nitrogens is 2. The maximum atomic E-state index is 11.4. The van der Waals surface area contributed by atoms with Crippen molar-refractivity contribution in [3.63, 3.8) is 0 Å². The number of furan rings is 1. The zero-order valence-electron chi connectivity index (χ0n) is 41.6. The number of nitrogens with one attached hydrogen (secondary N) is 4. The van der Waals surface area contributed by atoms with E-state index in [4.69, 9.17) is 30.0 Å². The quantitative estimate of drug-likeness (QED) is 0.0218. The Bertz CT molecular complexity index is 2580. The van der Waals surface area contributed by atoms with E-state index in [2.05, 4.69) is 69.5 Å². The SMILES string of the molecule is CC(=O)c1c(C)n[nH]c1C.CC(C)N(CC#N)C(C)C.Cc1cc([N+](=O)[O-])ccn1.N#Cc1cn(Cc2ccco2)c(=O)[nH]c1=O.O=C1NC(CCO)C(=O)NC1CCO.O=[P+](O)c1ccccc1.[H-].[Na+]. The topological polar surface area (TPSA) is 357 Å². The van der Waals surface area contributed by atoms with Crippen molar-refractivity contribution in [1.29, 1.82) is 10.5 Å². The molecule has 6 rings (SSSR count). The first kappa shape index (κ1) is 63.5. The van der Waals surface area contributed by atoms with Crippen molar-refractivity contribution in [3.8, 4) is 12.1 Å². The normalized spacial score (nSPS) is 13.4. The third kappa shape index (κ3) is 23.2. The number of amides is 2. The van der Waals surface area contributed by atoms with Gasteiger partial charge in [0.2, 0.25) is 17.1 Å². The molecule has 23 nitrogen and oxygen atoms in total. The first-order valence-corrected chi connectivity index (χ1v) is 22.3. The molecule has 70 heavy (non-hydrogen) atoms. The molecule has 0 spiro atoms. The first-order chi connectivity index (χ1) is 32.6. The number of pyridine rings is 1. The van der Waals surface area contributed by atoms with Crippen LogP contribution in [0.25, 0.3) is 0 Å². The number of aromatic nitrogens is 5. The second kappa shape index (κ2) is 33.9. The molecule has 1 saturated heterocycles. The van der Waals surface area contributed by atoms with E-state index >= 15 is 0 Å². The van der Waals surface area contributed by atoms with Crippen LogP contribution in [-0.2, 0) is 20.7 Å². The third-order valence-corrected chi connectivity index (χ3v) is 10.0. The number of nitro groups is 1. The molecular weight excluding hydrogens is 941 g/mol. The van der Waals surface area contributed by atoms with Crippen LogP contribution in [0.1, 0.15) is 87.7 Å². The van der Waals surface area contributed by atoms with Gasteiger partial charge in [0.15, 0.2) is 5.78 Å². The van der Waals surface area contributed by atoms with Crippen LogP contribution >= 0.6 is 8.03 Å². The summed E-state index contributed by atoms with van der Waals surface area (Å²) in [5.74, 6) is 0.0241. The monoisotopic (exact) mass is 1000 g/mol. The van der Waals surface area contributed by atoms with Gasteiger partial charge in [0.25, 0.3) is 11.2 Å². The van der Waals surface area contributed by atoms with E-state index < -0.39 is 36.3 Å². The molecule has 3 atom stereocenters. The predicted molar refractivity (Wildman–Crippen MR) is 254 cm³/mol. The number of Topliss-reactive ketones (excluding diaryl/α,β-unsaturated/α-hetero) is 1. The first-order valence-electron chi connectivity index (χ1n) is 21.1. The minimum absolute atomic E-state index is 0. The number of nitrogens with zero attached hydrogens (tertiary/aromatic N) is 7. The molecule has 0 aliphatic carbocycles. The molecule has 1 fully saturated rings. The van der Waals surface area contributed by atoms with Crippen LogP contribution < -0.4 is 56.7 Å². The number of aryl methyl sites for hydroxylation is 3. The molecule has 5 aromatic rings. The third-order valence-electron chi connectivity index (χ3n) is 9.27. The van der Waals surface area contributed by atoms with Crippen molar-refractivity contribution in [2.24, 2.45) is 0 Å². The molecule has 1 aromatic carbocycles. The van der Waals surface area contributed by atoms with E-state index in [-0.39, 0.29) is 92.4 Å². The van der Waals surface area contributed by atoms with Crippen molar-refractivity contribution in [1.82, 2.24) is 40.3 Å². The van der Waals surface area contributed by atoms with Crippen LogP contribution in [0.4, 0.5) is 5.69 Å². The van der Waals surface area contributed by atoms with Gasteiger partial charge in [0.05, 0.1) is 41.6 Å². The van der Waals surface area contributed by atoms with Gasteiger partial charge in [-0.05, 0) is 97.1 Å². The Labute approximate surface area is 428 Å². The number of ketones is 1. The van der Waals surface area contributed by atoms with E-state index in [1.807, 2.05) is 19.9 Å². The van der Waals surface area contributed by atoms with Crippen LogP contribution in [-0.4, -0.2) is 111 Å². The van der Waals surface area contributed by atoms with Crippen molar-refractivity contribution < 1.29 is 74.4 Å². The fourth-order valence-electron chi connectivity index (χ4n) is 5.93. The number of piperazine rings is 1. The van der Waals surface area contributed by atoms with Crippen LogP contribution in [0.15, 0.2) is 87.3 Å². The maximum absolute atomic E-state index is 11.4. The number of carbonyl (C=O) groups is 3. The van der Waals surface area contributed by atoms with Gasteiger partial charge in [-0.25, -0.2) is 4.79 Å². The minimum atomic E-state index is -2.15. The van der Waals surface area contributed by atoms with Crippen molar-refractivity contribution in [2.45, 2.75) is 98.9 Å². The zero-order valence-corrected chi connectivity index (χ0v) is 43.5. The van der Waals surface area contributed by atoms with Crippen LogP contribution in [0.2, 0.25) is 0 Å². The average molecular weight is 1000 g/mol. The number of aliphatic hydroxyl groups is 2. The van der Waals surface area contributed by atoms with Gasteiger partial charge in [-0.15, -0.1) is 0 Å². The Balaban J connectivity index is 0. The van der Waals surface area contributed by atoms with E-state index in [1.54, 1.807) is 56.3 Å². The second-order valence-electron chi connectivity index (χ2n) is 15.2. The molecule has 2 amide bonds. The molecule has 7 N–H and O–H groups in total. The van der Waals surface area contributed by atoms with Gasteiger partial charge < -0.3 is 26.7 Å². The van der Waals surface area contributed by atoms with Crippen molar-refractivity contribution >= 4 is 36.6 Å². The molecule has 372 valence electrons. The second-order valence-corrected chi connectivity index (χ2v) is 16.2. The number of aliphatic hydroxyl groups excluding tert-OH is 2. The average Bonchev–Trinajstić information content (AvgIpc) is 3.95. The summed E-state index contributed by atoms with van der Waals surface area (Å²) in [7, 11) is -2.15. The summed E-state index contributed by atoms with van der Waals surface area (Å²) >= 11 is 0. The molecule has 1 aliphatic rings. The molecule has 0 saturated carbocycles. The van der Waals surface area contributed by atoms with E-state index in [0.717, 1.165) is 17.0 Å². The number of benzene rings is 1. The molecule has 0 bridgehead atoms. The molecule has 25 heteroatoms. The zero-order chi connectivity index (χ0) is 52.2. The molecular formula is C45H60N11NaO12P+. The van der Waals surface area contributed by atoms with Gasteiger partial charge in [-0.3, -0.25) is 53.8 Å².